The minimum absolute atomic E-state index is 0.238. The van der Waals surface area contributed by atoms with Gasteiger partial charge in [0, 0.05) is 22.8 Å². The van der Waals surface area contributed by atoms with E-state index in [1.807, 2.05) is 6.92 Å². The van der Waals surface area contributed by atoms with Gasteiger partial charge in [0.1, 0.15) is 0 Å². The van der Waals surface area contributed by atoms with Crippen molar-refractivity contribution >= 4 is 22.0 Å². The molecule has 0 aliphatic carbocycles. The van der Waals surface area contributed by atoms with Gasteiger partial charge in [-0.3, -0.25) is 4.40 Å². The highest BCUT2D eigenvalue weighted by molar-refractivity contribution is 7.15. The van der Waals surface area contributed by atoms with E-state index in [-0.39, 0.29) is 11.6 Å². The number of thiazole rings is 1. The van der Waals surface area contributed by atoms with Crippen LogP contribution in [-0.2, 0) is 6.54 Å². The molecule has 6 heteroatoms. The van der Waals surface area contributed by atoms with Gasteiger partial charge in [0.15, 0.2) is 16.5 Å². The molecule has 0 bridgehead atoms. The molecule has 0 amide bonds. The number of aryl methyl sites for hydroxylation is 2. The lowest BCUT2D eigenvalue weighted by atomic mass is 10.2. The van der Waals surface area contributed by atoms with Gasteiger partial charge in [-0.25, -0.2) is 9.37 Å². The lowest BCUT2D eigenvalue weighted by molar-refractivity contribution is 0.387. The second-order valence-corrected chi connectivity index (χ2v) is 5.68. The van der Waals surface area contributed by atoms with Crippen LogP contribution < -0.4 is 10.1 Å². The lowest BCUT2D eigenvalue weighted by Crippen LogP contribution is -2.05. The number of imidazole rings is 1. The molecule has 2 aromatic heterocycles. The first-order valence-corrected chi connectivity index (χ1v) is 7.47. The maximum Gasteiger partial charge on any atom is 0.194 e. The van der Waals surface area contributed by atoms with Crippen LogP contribution in [0.1, 0.15) is 17.1 Å². The molecule has 110 valence electrons. The highest BCUT2D eigenvalue weighted by atomic mass is 32.1. The molecular weight excluding hydrogens is 289 g/mol. The zero-order valence-electron chi connectivity index (χ0n) is 12.1. The van der Waals surface area contributed by atoms with E-state index < -0.39 is 0 Å². The Labute approximate surface area is 126 Å². The zero-order chi connectivity index (χ0) is 15.0. The van der Waals surface area contributed by atoms with Gasteiger partial charge < -0.3 is 10.1 Å². The number of halogens is 1. The summed E-state index contributed by atoms with van der Waals surface area (Å²) in [6.07, 6.45) is 0. The van der Waals surface area contributed by atoms with Gasteiger partial charge >= 0.3 is 0 Å². The van der Waals surface area contributed by atoms with Gasteiger partial charge in [0.25, 0.3) is 0 Å². The second-order valence-electron chi connectivity index (χ2n) is 4.84. The smallest absolute Gasteiger partial charge is 0.194 e. The molecule has 4 nitrogen and oxygen atoms in total. The quantitative estimate of drug-likeness (QED) is 0.797. The molecule has 21 heavy (non-hydrogen) atoms. The van der Waals surface area contributed by atoms with E-state index in [0.29, 0.717) is 6.54 Å². The Morgan fingerprint density at radius 2 is 2.19 bits per heavy atom. The molecule has 1 aromatic carbocycles. The third kappa shape index (κ3) is 2.47. The number of rotatable bonds is 4. The topological polar surface area (TPSA) is 38.6 Å². The molecule has 0 spiro atoms. The van der Waals surface area contributed by atoms with Crippen LogP contribution >= 0.6 is 11.3 Å². The van der Waals surface area contributed by atoms with Crippen molar-refractivity contribution in [1.29, 1.82) is 0 Å². The van der Waals surface area contributed by atoms with Crippen LogP contribution in [0, 0.1) is 19.7 Å². The fourth-order valence-corrected chi connectivity index (χ4v) is 3.26. The molecule has 2 heterocycles. The number of methoxy groups -OCH3 is 1. The molecule has 0 fully saturated rings. The van der Waals surface area contributed by atoms with Gasteiger partial charge in [-0.2, -0.15) is 0 Å². The summed E-state index contributed by atoms with van der Waals surface area (Å²) in [4.78, 5) is 5.55. The maximum atomic E-state index is 13.4. The van der Waals surface area contributed by atoms with Crippen molar-refractivity contribution < 1.29 is 9.13 Å². The van der Waals surface area contributed by atoms with Crippen LogP contribution in [0.4, 0.5) is 10.1 Å². The average Bonchev–Trinajstić information content (AvgIpc) is 2.98. The molecule has 0 saturated carbocycles. The summed E-state index contributed by atoms with van der Waals surface area (Å²) in [5.74, 6) is -0.124. The summed E-state index contributed by atoms with van der Waals surface area (Å²) in [5, 5.41) is 5.39. The van der Waals surface area contributed by atoms with E-state index in [2.05, 4.69) is 27.0 Å². The number of aromatic nitrogens is 2. The minimum Gasteiger partial charge on any atom is -0.494 e. The fraction of sp³-hybridized carbons (Fsp3) is 0.267. The average molecular weight is 305 g/mol. The number of ether oxygens (including phenoxy) is 1. The molecule has 0 aliphatic rings. The van der Waals surface area contributed by atoms with E-state index in [1.165, 1.54) is 18.9 Å². The first-order chi connectivity index (χ1) is 10.1. The molecule has 3 aromatic rings. The predicted octanol–water partition coefficient (Wildman–Crippen LogP) is 3.77. The molecule has 3 rings (SSSR count). The van der Waals surface area contributed by atoms with Gasteiger partial charge in [-0.15, -0.1) is 11.3 Å². The Hall–Kier alpha value is -2.08. The highest BCUT2D eigenvalue weighted by Crippen LogP contribution is 2.24. The summed E-state index contributed by atoms with van der Waals surface area (Å²) in [5.41, 5.74) is 4.11. The van der Waals surface area contributed by atoms with Crippen molar-refractivity contribution in [3.63, 3.8) is 0 Å². The van der Waals surface area contributed by atoms with Crippen molar-refractivity contribution in [2.45, 2.75) is 20.4 Å². The number of benzene rings is 1. The number of hydrogen-bond acceptors (Lipinski definition) is 4. The minimum atomic E-state index is -0.361. The number of fused-ring (bicyclic) bond motifs is 1. The van der Waals surface area contributed by atoms with Crippen LogP contribution in [0.25, 0.3) is 4.96 Å². The SMILES string of the molecule is COc1cc(NCc2c(C)nc3scc(C)n23)ccc1F. The molecule has 0 atom stereocenters. The highest BCUT2D eigenvalue weighted by Gasteiger charge is 2.12. The largest absolute Gasteiger partial charge is 0.494 e. The number of nitrogens with zero attached hydrogens (tertiary/aromatic N) is 2. The van der Waals surface area contributed by atoms with Crippen molar-refractivity contribution in [3.05, 3.63) is 46.5 Å². The Kier molecular flexibility index (Phi) is 3.55. The Morgan fingerprint density at radius 3 is 2.95 bits per heavy atom. The van der Waals surface area contributed by atoms with Crippen molar-refractivity contribution in [3.8, 4) is 5.75 Å². The fourth-order valence-electron chi connectivity index (χ4n) is 2.33. The first-order valence-electron chi connectivity index (χ1n) is 6.59. The van der Waals surface area contributed by atoms with Crippen LogP contribution in [0.2, 0.25) is 0 Å². The number of hydrogen-bond donors (Lipinski definition) is 1. The molecule has 0 radical (unpaired) electrons. The van der Waals surface area contributed by atoms with E-state index >= 15 is 0 Å². The van der Waals surface area contributed by atoms with Crippen molar-refractivity contribution in [1.82, 2.24) is 9.38 Å². The third-order valence-corrected chi connectivity index (χ3v) is 4.38. The summed E-state index contributed by atoms with van der Waals surface area (Å²) in [6.45, 7) is 4.69. The van der Waals surface area contributed by atoms with Gasteiger partial charge in [-0.1, -0.05) is 0 Å². The second kappa shape index (κ2) is 5.37. The third-order valence-electron chi connectivity index (χ3n) is 3.44. The Bertz CT molecular complexity index is 794. The molecule has 0 unspecified atom stereocenters. The lowest BCUT2D eigenvalue weighted by Gasteiger charge is -2.09. The van der Waals surface area contributed by atoms with Gasteiger partial charge in [-0.05, 0) is 26.0 Å². The zero-order valence-corrected chi connectivity index (χ0v) is 12.9. The number of anilines is 1. The van der Waals surface area contributed by atoms with E-state index in [1.54, 1.807) is 23.5 Å². The van der Waals surface area contributed by atoms with Crippen LogP contribution in [0.3, 0.4) is 0 Å². The summed E-state index contributed by atoms with van der Waals surface area (Å²) < 4.78 is 20.5. The van der Waals surface area contributed by atoms with Gasteiger partial charge in [0.05, 0.1) is 25.0 Å². The van der Waals surface area contributed by atoms with Crippen molar-refractivity contribution in [2.24, 2.45) is 0 Å². The molecule has 0 aliphatic heterocycles. The van der Waals surface area contributed by atoms with Crippen LogP contribution in [0.15, 0.2) is 23.6 Å². The normalized spacial score (nSPS) is 11.0. The molecule has 0 saturated heterocycles. The monoisotopic (exact) mass is 305 g/mol. The standard InChI is InChI=1S/C15H16FN3OS/c1-9-8-21-15-18-10(2)13(19(9)15)7-17-11-4-5-12(16)14(6-11)20-3/h4-6,8,17H,7H2,1-3H3. The van der Waals surface area contributed by atoms with Crippen molar-refractivity contribution in [2.75, 3.05) is 12.4 Å². The molecule has 1 N–H and O–H groups in total. The Morgan fingerprint density at radius 1 is 1.38 bits per heavy atom. The van der Waals surface area contributed by atoms with Crippen LogP contribution in [0.5, 0.6) is 5.75 Å². The Balaban J connectivity index is 1.86. The van der Waals surface area contributed by atoms with Gasteiger partial charge in [0.2, 0.25) is 0 Å². The first kappa shape index (κ1) is 13.9. The predicted molar refractivity (Wildman–Crippen MR) is 82.8 cm³/mol. The molecular formula is C15H16FN3OS. The summed E-state index contributed by atoms with van der Waals surface area (Å²) >= 11 is 1.63. The van der Waals surface area contributed by atoms with E-state index in [4.69, 9.17) is 4.74 Å². The number of nitrogens with one attached hydrogen (secondary N) is 1. The van der Waals surface area contributed by atoms with E-state index in [0.717, 1.165) is 22.0 Å². The maximum absolute atomic E-state index is 13.4. The summed E-state index contributed by atoms with van der Waals surface area (Å²) in [6, 6.07) is 4.76. The summed E-state index contributed by atoms with van der Waals surface area (Å²) in [7, 11) is 1.46. The van der Waals surface area contributed by atoms with Crippen LogP contribution in [-0.4, -0.2) is 16.5 Å². The van der Waals surface area contributed by atoms with E-state index in [9.17, 15) is 4.39 Å².